The highest BCUT2D eigenvalue weighted by molar-refractivity contribution is 14.0. The number of hydrogen-bond acceptors (Lipinski definition) is 4. The summed E-state index contributed by atoms with van der Waals surface area (Å²) in [4.78, 5) is 11.2. The Kier molecular flexibility index (Phi) is 11.3. The zero-order valence-corrected chi connectivity index (χ0v) is 19.0. The van der Waals surface area contributed by atoms with Crippen molar-refractivity contribution >= 4 is 47.0 Å². The minimum absolute atomic E-state index is 0. The first-order chi connectivity index (χ1) is 12.3. The molecule has 0 bridgehead atoms. The maximum absolute atomic E-state index is 4.57. The van der Waals surface area contributed by atoms with Crippen LogP contribution in [0.1, 0.15) is 31.0 Å². The molecule has 0 aliphatic rings. The summed E-state index contributed by atoms with van der Waals surface area (Å²) in [6.45, 7) is 7.96. The van der Waals surface area contributed by atoms with Crippen molar-refractivity contribution in [3.8, 4) is 0 Å². The second-order valence-corrected chi connectivity index (χ2v) is 6.65. The Morgan fingerprint density at radius 2 is 1.96 bits per heavy atom. The molecule has 0 saturated heterocycles. The first-order valence-corrected chi connectivity index (χ1v) is 9.82. The molecule has 0 spiro atoms. The summed E-state index contributed by atoms with van der Waals surface area (Å²) in [5.74, 6) is 0.828. The van der Waals surface area contributed by atoms with Gasteiger partial charge in [0, 0.05) is 37.7 Å². The molecule has 2 N–H and O–H groups in total. The van der Waals surface area contributed by atoms with E-state index in [0.29, 0.717) is 6.54 Å². The predicted octanol–water partition coefficient (Wildman–Crippen LogP) is 3.91. The van der Waals surface area contributed by atoms with Gasteiger partial charge in [0.25, 0.3) is 0 Å². The van der Waals surface area contributed by atoms with Crippen LogP contribution in [0.4, 0.5) is 5.69 Å². The van der Waals surface area contributed by atoms with Crippen LogP contribution in [0.25, 0.3) is 0 Å². The Bertz CT molecular complexity index is 644. The Hall–Kier alpha value is -1.35. The zero-order valence-electron chi connectivity index (χ0n) is 15.9. The molecular weight excluding hydrogens is 457 g/mol. The summed E-state index contributed by atoms with van der Waals surface area (Å²) in [6, 6.07) is 10.6. The van der Waals surface area contributed by atoms with E-state index in [1.807, 2.05) is 0 Å². The first kappa shape index (κ1) is 22.7. The number of aliphatic imine (C=N–C) groups is 1. The lowest BCUT2D eigenvalue weighted by Gasteiger charge is -2.23. The standard InChI is InChI=1S/C19H29N5S.HI/c1-4-18-23-16(15-25-18)14-22-19(20-3)21-12-9-13-24(5-2)17-10-7-6-8-11-17;/h6-8,10-11,15H,4-5,9,12-14H2,1-3H3,(H2,20,21,22);1H. The van der Waals surface area contributed by atoms with E-state index in [-0.39, 0.29) is 24.0 Å². The highest BCUT2D eigenvalue weighted by Gasteiger charge is 2.04. The number of thiazole rings is 1. The number of rotatable bonds is 9. The van der Waals surface area contributed by atoms with Crippen LogP contribution in [0, 0.1) is 0 Å². The lowest BCUT2D eigenvalue weighted by Crippen LogP contribution is -2.38. The maximum atomic E-state index is 4.57. The smallest absolute Gasteiger partial charge is 0.191 e. The van der Waals surface area contributed by atoms with Gasteiger partial charge in [-0.2, -0.15) is 0 Å². The quantitative estimate of drug-likeness (QED) is 0.244. The second kappa shape index (κ2) is 12.9. The van der Waals surface area contributed by atoms with E-state index in [4.69, 9.17) is 0 Å². The van der Waals surface area contributed by atoms with Gasteiger partial charge in [-0.05, 0) is 31.9 Å². The Morgan fingerprint density at radius 3 is 2.58 bits per heavy atom. The normalized spacial score (nSPS) is 11.0. The molecule has 7 heteroatoms. The SMILES string of the molecule is CCc1nc(CNC(=NC)NCCCN(CC)c2ccccc2)cs1.I. The minimum atomic E-state index is 0. The van der Waals surface area contributed by atoms with Crippen LogP contribution < -0.4 is 15.5 Å². The lowest BCUT2D eigenvalue weighted by atomic mass is 10.2. The summed E-state index contributed by atoms with van der Waals surface area (Å²) in [5.41, 5.74) is 2.36. The van der Waals surface area contributed by atoms with Gasteiger partial charge in [-0.25, -0.2) is 4.98 Å². The molecule has 1 heterocycles. The number of benzene rings is 1. The average Bonchev–Trinajstić information content (AvgIpc) is 3.13. The molecule has 0 saturated carbocycles. The predicted molar refractivity (Wildman–Crippen MR) is 124 cm³/mol. The fourth-order valence-corrected chi connectivity index (χ4v) is 3.32. The summed E-state index contributed by atoms with van der Waals surface area (Å²) in [6.07, 6.45) is 2.05. The topological polar surface area (TPSA) is 52.6 Å². The largest absolute Gasteiger partial charge is 0.372 e. The second-order valence-electron chi connectivity index (χ2n) is 5.71. The van der Waals surface area contributed by atoms with Gasteiger partial charge in [0.15, 0.2) is 5.96 Å². The number of guanidine groups is 1. The molecule has 0 fully saturated rings. The third kappa shape index (κ3) is 7.49. The van der Waals surface area contributed by atoms with Crippen LogP contribution in [0.3, 0.4) is 0 Å². The van der Waals surface area contributed by atoms with Crippen molar-refractivity contribution in [2.45, 2.75) is 33.2 Å². The minimum Gasteiger partial charge on any atom is -0.372 e. The van der Waals surface area contributed by atoms with E-state index < -0.39 is 0 Å². The van der Waals surface area contributed by atoms with Gasteiger partial charge in [-0.3, -0.25) is 4.99 Å². The number of nitrogens with one attached hydrogen (secondary N) is 2. The van der Waals surface area contributed by atoms with Crippen LogP contribution in [0.5, 0.6) is 0 Å². The first-order valence-electron chi connectivity index (χ1n) is 8.94. The highest BCUT2D eigenvalue weighted by Crippen LogP contribution is 2.12. The molecule has 2 rings (SSSR count). The van der Waals surface area contributed by atoms with Gasteiger partial charge in [0.2, 0.25) is 0 Å². The summed E-state index contributed by atoms with van der Waals surface area (Å²) < 4.78 is 0. The van der Waals surface area contributed by atoms with Gasteiger partial charge in [0.05, 0.1) is 17.2 Å². The van der Waals surface area contributed by atoms with Crippen LogP contribution in [0.2, 0.25) is 0 Å². The molecule has 0 aliphatic heterocycles. The number of aromatic nitrogens is 1. The Balaban J connectivity index is 0.00000338. The van der Waals surface area contributed by atoms with Crippen LogP contribution in [0.15, 0.2) is 40.7 Å². The molecule has 5 nitrogen and oxygen atoms in total. The molecule has 0 aliphatic carbocycles. The fourth-order valence-electron chi connectivity index (χ4n) is 2.57. The highest BCUT2D eigenvalue weighted by atomic mass is 127. The van der Waals surface area contributed by atoms with Crippen molar-refractivity contribution in [3.05, 3.63) is 46.4 Å². The molecule has 0 radical (unpaired) electrons. The molecule has 0 amide bonds. The number of nitrogens with zero attached hydrogens (tertiary/aromatic N) is 3. The van der Waals surface area contributed by atoms with Crippen molar-refractivity contribution < 1.29 is 0 Å². The Morgan fingerprint density at radius 1 is 1.19 bits per heavy atom. The third-order valence-electron chi connectivity index (χ3n) is 3.96. The fraction of sp³-hybridized carbons (Fsp3) is 0.474. The molecule has 2 aromatic rings. The number of hydrogen-bond donors (Lipinski definition) is 2. The number of anilines is 1. The summed E-state index contributed by atoms with van der Waals surface area (Å²) in [7, 11) is 1.80. The molecule has 1 aromatic carbocycles. The monoisotopic (exact) mass is 487 g/mol. The number of halogens is 1. The lowest BCUT2D eigenvalue weighted by molar-refractivity contribution is 0.707. The summed E-state index contributed by atoms with van der Waals surface area (Å²) >= 11 is 1.72. The number of aryl methyl sites for hydroxylation is 1. The molecule has 1 aromatic heterocycles. The molecule has 26 heavy (non-hydrogen) atoms. The van der Waals surface area contributed by atoms with Crippen LogP contribution in [-0.4, -0.2) is 37.6 Å². The van der Waals surface area contributed by atoms with Crippen molar-refractivity contribution in [3.63, 3.8) is 0 Å². The van der Waals surface area contributed by atoms with Gasteiger partial charge in [0.1, 0.15) is 0 Å². The van der Waals surface area contributed by atoms with E-state index in [0.717, 1.165) is 44.1 Å². The van der Waals surface area contributed by atoms with Gasteiger partial charge in [-0.1, -0.05) is 25.1 Å². The van der Waals surface area contributed by atoms with E-state index in [1.54, 1.807) is 18.4 Å². The molecular formula is C19H30IN5S. The maximum Gasteiger partial charge on any atom is 0.191 e. The van der Waals surface area contributed by atoms with E-state index in [2.05, 4.69) is 75.1 Å². The zero-order chi connectivity index (χ0) is 17.9. The molecule has 144 valence electrons. The van der Waals surface area contributed by atoms with E-state index in [1.165, 1.54) is 10.7 Å². The van der Waals surface area contributed by atoms with Gasteiger partial charge < -0.3 is 15.5 Å². The number of para-hydroxylation sites is 1. The molecule has 0 atom stereocenters. The van der Waals surface area contributed by atoms with Crippen molar-refractivity contribution in [1.82, 2.24) is 15.6 Å². The van der Waals surface area contributed by atoms with Crippen LogP contribution >= 0.6 is 35.3 Å². The van der Waals surface area contributed by atoms with E-state index in [9.17, 15) is 0 Å². The molecule has 0 unspecified atom stereocenters. The summed E-state index contributed by atoms with van der Waals surface area (Å²) in [5, 5.41) is 10.00. The average molecular weight is 487 g/mol. The van der Waals surface area contributed by atoms with Gasteiger partial charge >= 0.3 is 0 Å². The van der Waals surface area contributed by atoms with Crippen molar-refractivity contribution in [1.29, 1.82) is 0 Å². The van der Waals surface area contributed by atoms with Crippen molar-refractivity contribution in [2.75, 3.05) is 31.6 Å². The van der Waals surface area contributed by atoms with E-state index >= 15 is 0 Å². The third-order valence-corrected chi connectivity index (χ3v) is 5.00. The van der Waals surface area contributed by atoms with Crippen molar-refractivity contribution in [2.24, 2.45) is 4.99 Å². The Labute approximate surface area is 178 Å². The van der Waals surface area contributed by atoms with Gasteiger partial charge in [-0.15, -0.1) is 35.3 Å². The van der Waals surface area contributed by atoms with Crippen LogP contribution in [-0.2, 0) is 13.0 Å².